The van der Waals surface area contributed by atoms with E-state index in [-0.39, 0.29) is 5.92 Å². The van der Waals surface area contributed by atoms with Crippen molar-refractivity contribution in [1.29, 1.82) is 0 Å². The van der Waals surface area contributed by atoms with Gasteiger partial charge in [0, 0.05) is 6.08 Å². The maximum Gasteiger partial charge on any atom is 0.330 e. The molecule has 0 aromatic carbocycles. The predicted molar refractivity (Wildman–Crippen MR) is 56.4 cm³/mol. The Morgan fingerprint density at radius 1 is 1.47 bits per heavy atom. The lowest BCUT2D eigenvalue weighted by molar-refractivity contribution is -0.142. The molecule has 0 aromatic heterocycles. The zero-order valence-electron chi connectivity index (χ0n) is 9.07. The van der Waals surface area contributed by atoms with Crippen LogP contribution in [-0.2, 0) is 14.3 Å². The standard InChI is InChI=1S/C11H18O4/c1-3-9(11(13)14)7-5-6-8-15-10(12)4-2/h4,9H,2-3,5-8H2,1H3,(H,13,14). The maximum atomic E-state index is 10.7. The normalized spacial score (nSPS) is 11.8. The lowest BCUT2D eigenvalue weighted by atomic mass is 10.00. The molecule has 4 nitrogen and oxygen atoms in total. The van der Waals surface area contributed by atoms with Gasteiger partial charge in [0.1, 0.15) is 0 Å². The van der Waals surface area contributed by atoms with Crippen LogP contribution in [0, 0.1) is 5.92 Å². The van der Waals surface area contributed by atoms with Gasteiger partial charge >= 0.3 is 11.9 Å². The number of carboxylic acid groups (broad SMARTS) is 1. The van der Waals surface area contributed by atoms with Crippen LogP contribution in [0.15, 0.2) is 12.7 Å². The van der Waals surface area contributed by atoms with E-state index >= 15 is 0 Å². The second kappa shape index (κ2) is 8.03. The van der Waals surface area contributed by atoms with Gasteiger partial charge in [-0.2, -0.15) is 0 Å². The zero-order chi connectivity index (χ0) is 11.7. The van der Waals surface area contributed by atoms with Crippen molar-refractivity contribution in [2.75, 3.05) is 6.61 Å². The van der Waals surface area contributed by atoms with E-state index in [0.29, 0.717) is 25.9 Å². The Kier molecular flexibility index (Phi) is 7.32. The third-order valence-electron chi connectivity index (χ3n) is 2.20. The molecule has 0 aromatic rings. The number of rotatable bonds is 8. The van der Waals surface area contributed by atoms with Crippen molar-refractivity contribution in [3.8, 4) is 0 Å². The Morgan fingerprint density at radius 2 is 2.13 bits per heavy atom. The van der Waals surface area contributed by atoms with Crippen molar-refractivity contribution in [2.45, 2.75) is 32.6 Å². The highest BCUT2D eigenvalue weighted by Crippen LogP contribution is 2.12. The van der Waals surface area contributed by atoms with E-state index in [0.717, 1.165) is 12.5 Å². The smallest absolute Gasteiger partial charge is 0.330 e. The van der Waals surface area contributed by atoms with Gasteiger partial charge in [-0.15, -0.1) is 0 Å². The number of hydrogen-bond acceptors (Lipinski definition) is 3. The van der Waals surface area contributed by atoms with Crippen molar-refractivity contribution in [3.63, 3.8) is 0 Å². The van der Waals surface area contributed by atoms with Crippen LogP contribution in [0.1, 0.15) is 32.6 Å². The molecule has 1 unspecified atom stereocenters. The lowest BCUT2D eigenvalue weighted by Gasteiger charge is -2.08. The van der Waals surface area contributed by atoms with Crippen LogP contribution in [-0.4, -0.2) is 23.7 Å². The molecule has 1 N–H and O–H groups in total. The second-order valence-electron chi connectivity index (χ2n) is 3.31. The predicted octanol–water partition coefficient (Wildman–Crippen LogP) is 2.00. The molecule has 0 rings (SSSR count). The third-order valence-corrected chi connectivity index (χ3v) is 2.20. The first kappa shape index (κ1) is 13.7. The summed E-state index contributed by atoms with van der Waals surface area (Å²) in [6.45, 7) is 5.46. The van der Waals surface area contributed by atoms with Gasteiger partial charge in [0.05, 0.1) is 12.5 Å². The quantitative estimate of drug-likeness (QED) is 0.381. The van der Waals surface area contributed by atoms with Crippen molar-refractivity contribution in [3.05, 3.63) is 12.7 Å². The van der Waals surface area contributed by atoms with E-state index in [9.17, 15) is 9.59 Å². The van der Waals surface area contributed by atoms with Crippen molar-refractivity contribution >= 4 is 11.9 Å². The van der Waals surface area contributed by atoms with Gasteiger partial charge in [0.15, 0.2) is 0 Å². The number of carboxylic acids is 1. The van der Waals surface area contributed by atoms with Crippen LogP contribution in [0.4, 0.5) is 0 Å². The van der Waals surface area contributed by atoms with Gasteiger partial charge < -0.3 is 9.84 Å². The number of aliphatic carboxylic acids is 1. The maximum absolute atomic E-state index is 10.7. The van der Waals surface area contributed by atoms with Crippen molar-refractivity contribution in [1.82, 2.24) is 0 Å². The van der Waals surface area contributed by atoms with Crippen LogP contribution in [0.25, 0.3) is 0 Å². The molecule has 0 aliphatic heterocycles. The van der Waals surface area contributed by atoms with E-state index in [4.69, 9.17) is 9.84 Å². The average molecular weight is 214 g/mol. The van der Waals surface area contributed by atoms with E-state index < -0.39 is 11.9 Å². The molecule has 1 atom stereocenters. The highest BCUT2D eigenvalue weighted by atomic mass is 16.5. The number of ether oxygens (including phenoxy) is 1. The molecule has 0 spiro atoms. The number of unbranched alkanes of at least 4 members (excludes halogenated alkanes) is 1. The minimum atomic E-state index is -0.749. The first-order valence-corrected chi connectivity index (χ1v) is 5.13. The fourth-order valence-corrected chi connectivity index (χ4v) is 1.23. The Morgan fingerprint density at radius 3 is 2.60 bits per heavy atom. The summed E-state index contributed by atoms with van der Waals surface area (Å²) in [6, 6.07) is 0. The molecule has 0 radical (unpaired) electrons. The molecule has 0 saturated carbocycles. The first-order chi connectivity index (χ1) is 7.11. The van der Waals surface area contributed by atoms with Crippen LogP contribution < -0.4 is 0 Å². The van der Waals surface area contributed by atoms with Crippen LogP contribution in [0.2, 0.25) is 0 Å². The number of hydrogen-bond donors (Lipinski definition) is 1. The molecule has 0 aliphatic rings. The summed E-state index contributed by atoms with van der Waals surface area (Å²) >= 11 is 0. The lowest BCUT2D eigenvalue weighted by Crippen LogP contribution is -2.12. The summed E-state index contributed by atoms with van der Waals surface area (Å²) in [5.74, 6) is -1.46. The Hall–Kier alpha value is -1.32. The zero-order valence-corrected chi connectivity index (χ0v) is 9.07. The molecule has 0 saturated heterocycles. The molecule has 15 heavy (non-hydrogen) atoms. The highest BCUT2D eigenvalue weighted by molar-refractivity contribution is 5.81. The summed E-state index contributed by atoms with van der Waals surface area (Å²) in [4.78, 5) is 21.3. The first-order valence-electron chi connectivity index (χ1n) is 5.13. The van der Waals surface area contributed by atoms with Crippen molar-refractivity contribution in [2.24, 2.45) is 5.92 Å². The fourth-order valence-electron chi connectivity index (χ4n) is 1.23. The SMILES string of the molecule is C=CC(=O)OCCCCC(CC)C(=O)O. The summed E-state index contributed by atoms with van der Waals surface area (Å²) < 4.78 is 4.76. The molecule has 4 heteroatoms. The second-order valence-corrected chi connectivity index (χ2v) is 3.31. The third kappa shape index (κ3) is 6.71. The van der Waals surface area contributed by atoms with Gasteiger partial charge in [0.25, 0.3) is 0 Å². The Balaban J connectivity index is 3.48. The monoisotopic (exact) mass is 214 g/mol. The summed E-state index contributed by atoms with van der Waals surface area (Å²) in [5, 5.41) is 8.76. The summed E-state index contributed by atoms with van der Waals surface area (Å²) in [6.07, 6.45) is 3.85. The fraction of sp³-hybridized carbons (Fsp3) is 0.636. The molecular formula is C11H18O4. The molecule has 0 fully saturated rings. The Bertz CT molecular complexity index is 223. The molecule has 0 aliphatic carbocycles. The average Bonchev–Trinajstić information content (AvgIpc) is 2.22. The molecule has 86 valence electrons. The van der Waals surface area contributed by atoms with Gasteiger partial charge in [-0.05, 0) is 25.7 Å². The highest BCUT2D eigenvalue weighted by Gasteiger charge is 2.13. The number of esters is 1. The molecule has 0 bridgehead atoms. The summed E-state index contributed by atoms with van der Waals surface area (Å²) in [5.41, 5.74) is 0. The number of carbonyl (C=O) groups is 2. The van der Waals surface area contributed by atoms with E-state index in [1.165, 1.54) is 0 Å². The minimum absolute atomic E-state index is 0.278. The minimum Gasteiger partial charge on any atom is -0.481 e. The topological polar surface area (TPSA) is 63.6 Å². The van der Waals surface area contributed by atoms with Gasteiger partial charge in [0.2, 0.25) is 0 Å². The van der Waals surface area contributed by atoms with Crippen LogP contribution in [0.5, 0.6) is 0 Å². The summed E-state index contributed by atoms with van der Waals surface area (Å²) in [7, 11) is 0. The molecule has 0 amide bonds. The van der Waals surface area contributed by atoms with Gasteiger partial charge in [-0.1, -0.05) is 13.5 Å². The van der Waals surface area contributed by atoms with E-state index in [2.05, 4.69) is 6.58 Å². The van der Waals surface area contributed by atoms with E-state index in [1.54, 1.807) is 0 Å². The molecule has 0 heterocycles. The Labute approximate surface area is 89.9 Å². The van der Waals surface area contributed by atoms with Gasteiger partial charge in [-0.3, -0.25) is 4.79 Å². The van der Waals surface area contributed by atoms with Crippen LogP contribution >= 0.6 is 0 Å². The van der Waals surface area contributed by atoms with Crippen molar-refractivity contribution < 1.29 is 19.4 Å². The number of carbonyl (C=O) groups excluding carboxylic acids is 1. The van der Waals surface area contributed by atoms with Crippen LogP contribution in [0.3, 0.4) is 0 Å². The van der Waals surface area contributed by atoms with Gasteiger partial charge in [-0.25, -0.2) is 4.79 Å². The largest absolute Gasteiger partial charge is 0.481 e. The van der Waals surface area contributed by atoms with E-state index in [1.807, 2.05) is 6.92 Å². The molecular weight excluding hydrogens is 196 g/mol.